The molecule has 0 aromatic heterocycles. The van der Waals surface area contributed by atoms with Crippen molar-refractivity contribution in [3.8, 4) is 0 Å². The Bertz CT molecular complexity index is 136. The molecule has 0 saturated carbocycles. The standard InChI is InChI=1S/C7H11ClO/c1-5(2)7(8)4-6(3)9/h4-5H,1-3H3/b7-4-. The number of ketones is 1. The van der Waals surface area contributed by atoms with E-state index >= 15 is 0 Å². The van der Waals surface area contributed by atoms with E-state index < -0.39 is 0 Å². The molecule has 0 aromatic carbocycles. The van der Waals surface area contributed by atoms with Gasteiger partial charge in [0.2, 0.25) is 0 Å². The lowest BCUT2D eigenvalue weighted by atomic mass is 10.2. The number of halogens is 1. The van der Waals surface area contributed by atoms with Crippen LogP contribution < -0.4 is 0 Å². The van der Waals surface area contributed by atoms with Gasteiger partial charge in [0.1, 0.15) is 0 Å². The van der Waals surface area contributed by atoms with E-state index in [1.807, 2.05) is 13.8 Å². The first kappa shape index (κ1) is 8.70. The average molecular weight is 147 g/mol. The van der Waals surface area contributed by atoms with Gasteiger partial charge in [-0.25, -0.2) is 0 Å². The first-order chi connectivity index (χ1) is 4.04. The molecule has 0 bridgehead atoms. The highest BCUT2D eigenvalue weighted by molar-refractivity contribution is 6.31. The van der Waals surface area contributed by atoms with Gasteiger partial charge in [-0.15, -0.1) is 0 Å². The van der Waals surface area contributed by atoms with Crippen LogP contribution in [0.2, 0.25) is 0 Å². The van der Waals surface area contributed by atoms with Gasteiger partial charge in [-0.05, 0) is 18.9 Å². The minimum Gasteiger partial charge on any atom is -0.295 e. The second kappa shape index (κ2) is 3.67. The number of hydrogen-bond acceptors (Lipinski definition) is 1. The van der Waals surface area contributed by atoms with Crippen LogP contribution in [0.25, 0.3) is 0 Å². The van der Waals surface area contributed by atoms with E-state index in [-0.39, 0.29) is 11.7 Å². The molecule has 2 heteroatoms. The summed E-state index contributed by atoms with van der Waals surface area (Å²) in [5.74, 6) is 0.268. The molecule has 0 aliphatic rings. The van der Waals surface area contributed by atoms with Crippen LogP contribution in [0.4, 0.5) is 0 Å². The Morgan fingerprint density at radius 1 is 1.56 bits per heavy atom. The Kier molecular flexibility index (Phi) is 3.55. The van der Waals surface area contributed by atoms with Crippen molar-refractivity contribution in [2.75, 3.05) is 0 Å². The number of carbonyl (C=O) groups excluding carboxylic acids is 1. The topological polar surface area (TPSA) is 17.1 Å². The number of rotatable bonds is 2. The fraction of sp³-hybridized carbons (Fsp3) is 0.571. The third-order valence-corrected chi connectivity index (χ3v) is 1.44. The Hall–Kier alpha value is -0.300. The van der Waals surface area contributed by atoms with E-state index in [0.29, 0.717) is 5.03 Å². The van der Waals surface area contributed by atoms with Crippen molar-refractivity contribution in [1.82, 2.24) is 0 Å². The van der Waals surface area contributed by atoms with Crippen molar-refractivity contribution in [3.63, 3.8) is 0 Å². The lowest BCUT2D eigenvalue weighted by Crippen LogP contribution is -1.90. The van der Waals surface area contributed by atoms with Gasteiger partial charge in [-0.1, -0.05) is 25.4 Å². The zero-order valence-electron chi connectivity index (χ0n) is 5.94. The molecular formula is C7H11ClO. The molecule has 0 aliphatic carbocycles. The number of hydrogen-bond donors (Lipinski definition) is 0. The quantitative estimate of drug-likeness (QED) is 0.547. The lowest BCUT2D eigenvalue weighted by Gasteiger charge is -1.98. The van der Waals surface area contributed by atoms with Crippen molar-refractivity contribution < 1.29 is 4.79 Å². The van der Waals surface area contributed by atoms with Crippen LogP contribution in [-0.4, -0.2) is 5.78 Å². The molecule has 0 radical (unpaired) electrons. The summed E-state index contributed by atoms with van der Waals surface area (Å²) >= 11 is 5.65. The molecule has 0 amide bonds. The Morgan fingerprint density at radius 2 is 2.00 bits per heavy atom. The first-order valence-corrected chi connectivity index (χ1v) is 3.29. The number of allylic oxidation sites excluding steroid dienone is 2. The molecule has 0 saturated heterocycles. The summed E-state index contributed by atoms with van der Waals surface area (Å²) in [4.78, 5) is 10.4. The third-order valence-electron chi connectivity index (χ3n) is 0.893. The van der Waals surface area contributed by atoms with E-state index in [9.17, 15) is 4.79 Å². The molecule has 0 aliphatic heterocycles. The molecule has 9 heavy (non-hydrogen) atoms. The SMILES string of the molecule is CC(=O)/C=C(\Cl)C(C)C. The van der Waals surface area contributed by atoms with Crippen LogP contribution in [0.1, 0.15) is 20.8 Å². The predicted molar refractivity (Wildman–Crippen MR) is 39.5 cm³/mol. The van der Waals surface area contributed by atoms with Gasteiger partial charge in [0.15, 0.2) is 5.78 Å². The summed E-state index contributed by atoms with van der Waals surface area (Å²) in [7, 11) is 0. The van der Waals surface area contributed by atoms with Crippen LogP contribution in [0.3, 0.4) is 0 Å². The molecular weight excluding hydrogens is 136 g/mol. The van der Waals surface area contributed by atoms with Gasteiger partial charge in [0.05, 0.1) is 0 Å². The lowest BCUT2D eigenvalue weighted by molar-refractivity contribution is -0.112. The minimum absolute atomic E-state index is 0.00806. The van der Waals surface area contributed by atoms with Crippen LogP contribution >= 0.6 is 11.6 Å². The Balaban J connectivity index is 4.00. The third kappa shape index (κ3) is 4.22. The largest absolute Gasteiger partial charge is 0.295 e. The molecule has 1 nitrogen and oxygen atoms in total. The van der Waals surface area contributed by atoms with Gasteiger partial charge in [-0.2, -0.15) is 0 Å². The average Bonchev–Trinajstić information content (AvgIpc) is 1.63. The molecule has 0 unspecified atom stereocenters. The zero-order valence-corrected chi connectivity index (χ0v) is 6.70. The smallest absolute Gasteiger partial charge is 0.153 e. The highest BCUT2D eigenvalue weighted by Gasteiger charge is 1.98. The zero-order chi connectivity index (χ0) is 7.44. The van der Waals surface area contributed by atoms with Crippen LogP contribution in [0.5, 0.6) is 0 Å². The Labute approximate surface area is 60.7 Å². The van der Waals surface area contributed by atoms with E-state index in [0.717, 1.165) is 0 Å². The predicted octanol–water partition coefficient (Wildman–Crippen LogP) is 2.35. The van der Waals surface area contributed by atoms with Crippen LogP contribution in [0, 0.1) is 5.92 Å². The van der Waals surface area contributed by atoms with Gasteiger partial charge in [-0.3, -0.25) is 4.79 Å². The summed E-state index contributed by atoms with van der Waals surface area (Å²) in [5, 5.41) is 0.627. The molecule has 0 heterocycles. The van der Waals surface area contributed by atoms with E-state index in [1.54, 1.807) is 0 Å². The fourth-order valence-electron chi connectivity index (χ4n) is 0.361. The van der Waals surface area contributed by atoms with Crippen molar-refractivity contribution >= 4 is 17.4 Å². The summed E-state index contributed by atoms with van der Waals surface area (Å²) in [6.07, 6.45) is 1.45. The monoisotopic (exact) mass is 146 g/mol. The molecule has 0 atom stereocenters. The van der Waals surface area contributed by atoms with Crippen molar-refractivity contribution in [2.24, 2.45) is 5.92 Å². The van der Waals surface area contributed by atoms with Crippen molar-refractivity contribution in [1.29, 1.82) is 0 Å². The molecule has 0 spiro atoms. The molecule has 0 N–H and O–H groups in total. The maximum atomic E-state index is 10.4. The molecule has 52 valence electrons. The normalized spacial score (nSPS) is 12.3. The van der Waals surface area contributed by atoms with Gasteiger partial charge >= 0.3 is 0 Å². The highest BCUT2D eigenvalue weighted by atomic mass is 35.5. The van der Waals surface area contributed by atoms with Gasteiger partial charge in [0, 0.05) is 5.03 Å². The van der Waals surface area contributed by atoms with E-state index in [2.05, 4.69) is 0 Å². The maximum Gasteiger partial charge on any atom is 0.153 e. The van der Waals surface area contributed by atoms with E-state index in [1.165, 1.54) is 13.0 Å². The van der Waals surface area contributed by atoms with Crippen molar-refractivity contribution in [3.05, 3.63) is 11.1 Å². The van der Waals surface area contributed by atoms with Gasteiger partial charge < -0.3 is 0 Å². The maximum absolute atomic E-state index is 10.4. The Morgan fingerprint density at radius 3 is 2.11 bits per heavy atom. The van der Waals surface area contributed by atoms with Gasteiger partial charge in [0.25, 0.3) is 0 Å². The number of carbonyl (C=O) groups is 1. The minimum atomic E-state index is 0.00806. The highest BCUT2D eigenvalue weighted by Crippen LogP contribution is 2.12. The van der Waals surface area contributed by atoms with Crippen LogP contribution in [-0.2, 0) is 4.79 Å². The summed E-state index contributed by atoms with van der Waals surface area (Å²) in [6, 6.07) is 0. The second-order valence-corrected chi connectivity index (χ2v) is 2.73. The molecule has 0 fully saturated rings. The summed E-state index contributed by atoms with van der Waals surface area (Å²) in [6.45, 7) is 5.38. The fourth-order valence-corrected chi connectivity index (χ4v) is 0.514. The molecule has 0 aromatic rings. The van der Waals surface area contributed by atoms with Crippen LogP contribution in [0.15, 0.2) is 11.1 Å². The summed E-state index contributed by atoms with van der Waals surface area (Å²) < 4.78 is 0. The second-order valence-electron chi connectivity index (χ2n) is 2.29. The van der Waals surface area contributed by atoms with Crippen molar-refractivity contribution in [2.45, 2.75) is 20.8 Å². The summed E-state index contributed by atoms with van der Waals surface area (Å²) in [5.41, 5.74) is 0. The first-order valence-electron chi connectivity index (χ1n) is 2.91. The molecule has 0 rings (SSSR count). The van der Waals surface area contributed by atoms with E-state index in [4.69, 9.17) is 11.6 Å².